The Bertz CT molecular complexity index is 1370. The highest BCUT2D eigenvalue weighted by Crippen LogP contribution is 2.36. The van der Waals surface area contributed by atoms with E-state index in [0.29, 0.717) is 11.5 Å². The summed E-state index contributed by atoms with van der Waals surface area (Å²) in [6.45, 7) is 15.0. The van der Waals surface area contributed by atoms with Crippen molar-refractivity contribution in [3.05, 3.63) is 142 Å². The van der Waals surface area contributed by atoms with E-state index in [2.05, 4.69) is 114 Å². The van der Waals surface area contributed by atoms with Crippen molar-refractivity contribution in [1.82, 2.24) is 0 Å². The van der Waals surface area contributed by atoms with E-state index in [1.807, 2.05) is 12.1 Å². The zero-order valence-electron chi connectivity index (χ0n) is 23.7. The van der Waals surface area contributed by atoms with Crippen LogP contribution in [-0.2, 0) is 24.7 Å². The van der Waals surface area contributed by atoms with Gasteiger partial charge in [-0.25, -0.2) is 4.39 Å². The SMILES string of the molecule is C=C(C)CC(c1ccccc1)c1ccc(CCc2ccc(C(C)(C)C)c(-c3cc(CC)ccc3F)c2)cc1. The number of benzene rings is 4. The summed E-state index contributed by atoms with van der Waals surface area (Å²) in [5, 5.41) is 0. The Hall–Kier alpha value is -3.45. The Kier molecular flexibility index (Phi) is 8.67. The fourth-order valence-corrected chi connectivity index (χ4v) is 5.29. The fourth-order valence-electron chi connectivity index (χ4n) is 5.29. The van der Waals surface area contributed by atoms with Gasteiger partial charge in [-0.1, -0.05) is 112 Å². The van der Waals surface area contributed by atoms with Crippen LogP contribution in [0.1, 0.15) is 80.3 Å². The van der Waals surface area contributed by atoms with Crippen molar-refractivity contribution in [2.45, 2.75) is 71.6 Å². The lowest BCUT2D eigenvalue weighted by Gasteiger charge is -2.24. The van der Waals surface area contributed by atoms with Gasteiger partial charge in [-0.3, -0.25) is 0 Å². The zero-order chi connectivity index (χ0) is 27.3. The van der Waals surface area contributed by atoms with Gasteiger partial charge in [0.15, 0.2) is 0 Å². The molecule has 0 saturated heterocycles. The van der Waals surface area contributed by atoms with Gasteiger partial charge in [0, 0.05) is 11.5 Å². The van der Waals surface area contributed by atoms with Crippen LogP contribution < -0.4 is 0 Å². The van der Waals surface area contributed by atoms with Crippen molar-refractivity contribution < 1.29 is 4.39 Å². The predicted octanol–water partition coefficient (Wildman–Crippen LogP) is 10.2. The van der Waals surface area contributed by atoms with Crippen molar-refractivity contribution >= 4 is 0 Å². The summed E-state index contributed by atoms with van der Waals surface area (Å²) in [6, 6.07) is 31.9. The van der Waals surface area contributed by atoms with Gasteiger partial charge in [0.1, 0.15) is 5.82 Å². The molecular formula is C37H41F. The number of allylic oxidation sites excluding steroid dienone is 1. The van der Waals surface area contributed by atoms with Crippen molar-refractivity contribution in [2.75, 3.05) is 0 Å². The molecule has 0 aromatic heterocycles. The summed E-state index contributed by atoms with van der Waals surface area (Å²) in [6.07, 6.45) is 3.70. The molecule has 0 radical (unpaired) electrons. The third-order valence-corrected chi connectivity index (χ3v) is 7.46. The second-order valence-electron chi connectivity index (χ2n) is 11.7. The van der Waals surface area contributed by atoms with E-state index in [9.17, 15) is 0 Å². The normalized spacial score (nSPS) is 12.4. The summed E-state index contributed by atoms with van der Waals surface area (Å²) in [5.41, 5.74) is 10.4. The van der Waals surface area contributed by atoms with Gasteiger partial charge in [0.2, 0.25) is 0 Å². The van der Waals surface area contributed by atoms with E-state index >= 15 is 4.39 Å². The number of hydrogen-bond acceptors (Lipinski definition) is 0. The molecule has 4 aromatic carbocycles. The first kappa shape index (κ1) is 27.6. The molecule has 0 saturated carbocycles. The van der Waals surface area contributed by atoms with Gasteiger partial charge in [0.05, 0.1) is 0 Å². The molecule has 4 aromatic rings. The van der Waals surface area contributed by atoms with Crippen LogP contribution in [0.25, 0.3) is 11.1 Å². The molecule has 0 heterocycles. The van der Waals surface area contributed by atoms with Gasteiger partial charge in [-0.15, -0.1) is 6.58 Å². The lowest BCUT2D eigenvalue weighted by Crippen LogP contribution is -2.13. The molecule has 0 nitrogen and oxygen atoms in total. The topological polar surface area (TPSA) is 0 Å². The van der Waals surface area contributed by atoms with Crippen molar-refractivity contribution in [1.29, 1.82) is 0 Å². The van der Waals surface area contributed by atoms with Crippen molar-refractivity contribution in [2.24, 2.45) is 0 Å². The molecule has 0 aliphatic carbocycles. The van der Waals surface area contributed by atoms with E-state index in [0.717, 1.165) is 36.8 Å². The Morgan fingerprint density at radius 2 is 1.32 bits per heavy atom. The van der Waals surface area contributed by atoms with E-state index in [1.54, 1.807) is 6.07 Å². The molecule has 0 N–H and O–H groups in total. The summed E-state index contributed by atoms with van der Waals surface area (Å²) in [4.78, 5) is 0. The minimum Gasteiger partial charge on any atom is -0.206 e. The first-order valence-electron chi connectivity index (χ1n) is 13.9. The van der Waals surface area contributed by atoms with Crippen LogP contribution in [0.15, 0.2) is 103 Å². The van der Waals surface area contributed by atoms with E-state index < -0.39 is 0 Å². The second-order valence-corrected chi connectivity index (χ2v) is 11.7. The van der Waals surface area contributed by atoms with Crippen LogP contribution in [-0.4, -0.2) is 0 Å². The predicted molar refractivity (Wildman–Crippen MR) is 161 cm³/mol. The molecule has 0 spiro atoms. The minimum atomic E-state index is -0.150. The van der Waals surface area contributed by atoms with E-state index in [1.165, 1.54) is 33.4 Å². The second kappa shape index (κ2) is 11.9. The number of hydrogen-bond donors (Lipinski definition) is 0. The molecule has 0 fully saturated rings. The Balaban J connectivity index is 1.57. The maximum absolute atomic E-state index is 15.0. The van der Waals surface area contributed by atoms with Crippen LogP contribution in [0.2, 0.25) is 0 Å². The number of aryl methyl sites for hydroxylation is 3. The highest BCUT2D eigenvalue weighted by molar-refractivity contribution is 5.71. The largest absolute Gasteiger partial charge is 0.206 e. The highest BCUT2D eigenvalue weighted by Gasteiger charge is 2.21. The van der Waals surface area contributed by atoms with E-state index in [4.69, 9.17) is 0 Å². The van der Waals surface area contributed by atoms with Gasteiger partial charge in [0.25, 0.3) is 0 Å². The van der Waals surface area contributed by atoms with Gasteiger partial charge < -0.3 is 0 Å². The average molecular weight is 505 g/mol. The molecule has 0 aliphatic rings. The quantitative estimate of drug-likeness (QED) is 0.199. The van der Waals surface area contributed by atoms with Crippen LogP contribution in [0.3, 0.4) is 0 Å². The molecule has 1 atom stereocenters. The third-order valence-electron chi connectivity index (χ3n) is 7.46. The zero-order valence-corrected chi connectivity index (χ0v) is 23.7. The molecule has 196 valence electrons. The van der Waals surface area contributed by atoms with Crippen molar-refractivity contribution in [3.63, 3.8) is 0 Å². The van der Waals surface area contributed by atoms with Gasteiger partial charge >= 0.3 is 0 Å². The smallest absolute Gasteiger partial charge is 0.131 e. The summed E-state index contributed by atoms with van der Waals surface area (Å²) < 4.78 is 15.0. The summed E-state index contributed by atoms with van der Waals surface area (Å²) in [7, 11) is 0. The standard InChI is InChI=1S/C37H41F/c1-7-27-18-22-36(38)34(24-27)33-25-29(17-21-35(33)37(4,5)6)14-13-28-15-19-31(20-16-28)32(23-26(2)3)30-11-9-8-10-12-30/h8-12,15-22,24-25,32H,2,7,13-14,23H2,1,3-6H3. The monoisotopic (exact) mass is 504 g/mol. The molecule has 0 amide bonds. The third kappa shape index (κ3) is 6.70. The maximum atomic E-state index is 15.0. The molecule has 38 heavy (non-hydrogen) atoms. The Morgan fingerprint density at radius 3 is 1.95 bits per heavy atom. The lowest BCUT2D eigenvalue weighted by atomic mass is 9.80. The fraction of sp³-hybridized carbons (Fsp3) is 0.297. The molecule has 4 rings (SSSR count). The Morgan fingerprint density at radius 1 is 0.737 bits per heavy atom. The first-order valence-corrected chi connectivity index (χ1v) is 13.9. The van der Waals surface area contributed by atoms with E-state index in [-0.39, 0.29) is 11.2 Å². The number of rotatable bonds is 9. The number of halogens is 1. The minimum absolute atomic E-state index is 0.0720. The van der Waals surface area contributed by atoms with Crippen LogP contribution in [0, 0.1) is 5.82 Å². The van der Waals surface area contributed by atoms with Gasteiger partial charge in [-0.05, 0) is 89.1 Å². The van der Waals surface area contributed by atoms with Crippen LogP contribution in [0.5, 0.6) is 0 Å². The molecule has 0 aliphatic heterocycles. The lowest BCUT2D eigenvalue weighted by molar-refractivity contribution is 0.589. The molecule has 1 heteroatoms. The van der Waals surface area contributed by atoms with Gasteiger partial charge in [-0.2, -0.15) is 0 Å². The maximum Gasteiger partial charge on any atom is 0.131 e. The van der Waals surface area contributed by atoms with Crippen LogP contribution in [0.4, 0.5) is 4.39 Å². The molecule has 1 unspecified atom stereocenters. The Labute approximate surface area is 229 Å². The summed E-state index contributed by atoms with van der Waals surface area (Å²) >= 11 is 0. The average Bonchev–Trinajstić information content (AvgIpc) is 2.91. The first-order chi connectivity index (χ1) is 18.2. The molecule has 0 bridgehead atoms. The summed E-state index contributed by atoms with van der Waals surface area (Å²) in [5.74, 6) is 0.173. The highest BCUT2D eigenvalue weighted by atomic mass is 19.1. The molecular weight excluding hydrogens is 463 g/mol. The van der Waals surface area contributed by atoms with Crippen molar-refractivity contribution in [3.8, 4) is 11.1 Å². The van der Waals surface area contributed by atoms with Crippen LogP contribution >= 0.6 is 0 Å².